The van der Waals surface area contributed by atoms with Gasteiger partial charge in [0.1, 0.15) is 23.8 Å². The molecule has 0 radical (unpaired) electrons. The Labute approximate surface area is 197 Å². The Balaban J connectivity index is 1.44. The van der Waals surface area contributed by atoms with Gasteiger partial charge < -0.3 is 14.0 Å². The van der Waals surface area contributed by atoms with E-state index < -0.39 is 0 Å². The van der Waals surface area contributed by atoms with Crippen molar-refractivity contribution in [1.82, 2.24) is 14.2 Å². The molecule has 6 nitrogen and oxygen atoms in total. The standard InChI is InChI=1S/C28H25N3O3/c1-19-27(22-11-15-24(16-12-22)34-18-20-9-13-23(33-3)14-10-20)28(32)31-26(30(19)2)17-25(29-31)21-7-5-4-6-8-21/h4-17H,18H2,1-3H3. The molecule has 0 aliphatic rings. The molecule has 0 bridgehead atoms. The van der Waals surface area contributed by atoms with Crippen LogP contribution in [0, 0.1) is 6.92 Å². The van der Waals surface area contributed by atoms with Crippen molar-refractivity contribution in [1.29, 1.82) is 0 Å². The second kappa shape index (κ2) is 8.90. The number of hydrogen-bond donors (Lipinski definition) is 0. The van der Waals surface area contributed by atoms with E-state index in [4.69, 9.17) is 9.47 Å². The molecule has 6 heteroatoms. The van der Waals surface area contributed by atoms with Gasteiger partial charge in [-0.1, -0.05) is 54.6 Å². The van der Waals surface area contributed by atoms with Crippen molar-refractivity contribution in [3.05, 3.63) is 107 Å². The largest absolute Gasteiger partial charge is 0.497 e. The third kappa shape index (κ3) is 3.94. The first-order chi connectivity index (χ1) is 16.5. The molecule has 0 aliphatic heterocycles. The van der Waals surface area contributed by atoms with Crippen molar-refractivity contribution in [2.75, 3.05) is 7.11 Å². The highest BCUT2D eigenvalue weighted by Crippen LogP contribution is 2.26. The van der Waals surface area contributed by atoms with Gasteiger partial charge >= 0.3 is 0 Å². The average molecular weight is 452 g/mol. The number of rotatable bonds is 6. The first-order valence-corrected chi connectivity index (χ1v) is 11.1. The molecule has 0 saturated heterocycles. The summed E-state index contributed by atoms with van der Waals surface area (Å²) >= 11 is 0. The number of ether oxygens (including phenoxy) is 2. The van der Waals surface area contributed by atoms with E-state index in [9.17, 15) is 4.79 Å². The quantitative estimate of drug-likeness (QED) is 0.353. The van der Waals surface area contributed by atoms with E-state index in [-0.39, 0.29) is 5.56 Å². The SMILES string of the molecule is COc1ccc(COc2ccc(-c3c(C)n(C)c4cc(-c5ccccc5)nn4c3=O)cc2)cc1. The fourth-order valence-electron chi connectivity index (χ4n) is 4.05. The van der Waals surface area contributed by atoms with Gasteiger partial charge in [-0.05, 0) is 42.3 Å². The molecule has 2 heterocycles. The van der Waals surface area contributed by atoms with E-state index in [2.05, 4.69) is 5.10 Å². The van der Waals surface area contributed by atoms with Gasteiger partial charge in [0.2, 0.25) is 0 Å². The Morgan fingerprint density at radius 1 is 0.853 bits per heavy atom. The van der Waals surface area contributed by atoms with Gasteiger partial charge in [-0.25, -0.2) is 0 Å². The highest BCUT2D eigenvalue weighted by molar-refractivity contribution is 5.70. The Hall–Kier alpha value is -4.32. The van der Waals surface area contributed by atoms with Crippen LogP contribution < -0.4 is 15.0 Å². The van der Waals surface area contributed by atoms with Crippen molar-refractivity contribution in [2.24, 2.45) is 7.05 Å². The van der Waals surface area contributed by atoms with Crippen molar-refractivity contribution in [2.45, 2.75) is 13.5 Å². The molecule has 170 valence electrons. The number of nitrogens with zero attached hydrogens (tertiary/aromatic N) is 3. The third-order valence-electron chi connectivity index (χ3n) is 6.08. The number of aryl methyl sites for hydroxylation is 1. The normalized spacial score (nSPS) is 11.0. The minimum atomic E-state index is -0.139. The number of aromatic nitrogens is 3. The van der Waals surface area contributed by atoms with Crippen LogP contribution in [0.4, 0.5) is 0 Å². The predicted octanol–water partition coefficient (Wildman–Crippen LogP) is 5.26. The van der Waals surface area contributed by atoms with E-state index in [0.29, 0.717) is 12.2 Å². The molecular formula is C28H25N3O3. The maximum atomic E-state index is 13.4. The van der Waals surface area contributed by atoms with E-state index in [0.717, 1.165) is 45.2 Å². The van der Waals surface area contributed by atoms with Crippen LogP contribution in [-0.2, 0) is 13.7 Å². The van der Waals surface area contributed by atoms with Crippen LogP contribution >= 0.6 is 0 Å². The van der Waals surface area contributed by atoms with Crippen molar-refractivity contribution in [3.8, 4) is 33.9 Å². The Bertz CT molecular complexity index is 1500. The first kappa shape index (κ1) is 21.5. The summed E-state index contributed by atoms with van der Waals surface area (Å²) in [6, 6.07) is 27.2. The van der Waals surface area contributed by atoms with Gasteiger partial charge in [-0.2, -0.15) is 9.61 Å². The van der Waals surface area contributed by atoms with Crippen LogP contribution in [0.2, 0.25) is 0 Å². The van der Waals surface area contributed by atoms with Gasteiger partial charge in [0.05, 0.1) is 18.4 Å². The van der Waals surface area contributed by atoms with Gasteiger partial charge in [0.15, 0.2) is 0 Å². The third-order valence-corrected chi connectivity index (χ3v) is 6.08. The Morgan fingerprint density at radius 3 is 2.21 bits per heavy atom. The fourth-order valence-corrected chi connectivity index (χ4v) is 4.05. The van der Waals surface area contributed by atoms with Gasteiger partial charge in [-0.15, -0.1) is 0 Å². The van der Waals surface area contributed by atoms with E-state index >= 15 is 0 Å². The second-order valence-electron chi connectivity index (χ2n) is 8.15. The maximum absolute atomic E-state index is 13.4. The van der Waals surface area contributed by atoms with Crippen molar-refractivity contribution in [3.63, 3.8) is 0 Å². The second-order valence-corrected chi connectivity index (χ2v) is 8.15. The van der Waals surface area contributed by atoms with Gasteiger partial charge in [0, 0.05) is 24.4 Å². The zero-order valence-electron chi connectivity index (χ0n) is 19.4. The topological polar surface area (TPSA) is 57.8 Å². The lowest BCUT2D eigenvalue weighted by molar-refractivity contribution is 0.306. The highest BCUT2D eigenvalue weighted by Gasteiger charge is 2.17. The minimum Gasteiger partial charge on any atom is -0.497 e. The van der Waals surface area contributed by atoms with Gasteiger partial charge in [0.25, 0.3) is 5.56 Å². The first-order valence-electron chi connectivity index (χ1n) is 11.1. The molecule has 3 aromatic carbocycles. The smallest absolute Gasteiger partial charge is 0.282 e. The molecule has 0 fully saturated rings. The van der Waals surface area contributed by atoms with Crippen LogP contribution in [0.3, 0.4) is 0 Å². The van der Waals surface area contributed by atoms with E-state index in [1.54, 1.807) is 7.11 Å². The predicted molar refractivity (Wildman–Crippen MR) is 133 cm³/mol. The lowest BCUT2D eigenvalue weighted by Crippen LogP contribution is -2.22. The van der Waals surface area contributed by atoms with Crippen LogP contribution in [0.1, 0.15) is 11.3 Å². The van der Waals surface area contributed by atoms with Crippen LogP contribution in [0.15, 0.2) is 89.7 Å². The monoisotopic (exact) mass is 451 g/mol. The van der Waals surface area contributed by atoms with E-state index in [1.165, 1.54) is 4.52 Å². The molecule has 0 amide bonds. The Kier molecular flexibility index (Phi) is 5.64. The van der Waals surface area contributed by atoms with Crippen LogP contribution in [0.25, 0.3) is 28.0 Å². The number of benzene rings is 3. The number of fused-ring (bicyclic) bond motifs is 1. The molecule has 5 rings (SSSR count). The molecule has 2 aromatic heterocycles. The zero-order chi connectivity index (χ0) is 23.7. The lowest BCUT2D eigenvalue weighted by atomic mass is 10.1. The summed E-state index contributed by atoms with van der Waals surface area (Å²) in [5.41, 5.74) is 5.74. The molecule has 0 spiro atoms. The molecule has 0 N–H and O–H groups in total. The minimum absolute atomic E-state index is 0.139. The van der Waals surface area contributed by atoms with Gasteiger partial charge in [-0.3, -0.25) is 4.79 Å². The van der Waals surface area contributed by atoms with Crippen LogP contribution in [-0.4, -0.2) is 21.3 Å². The van der Waals surface area contributed by atoms with Crippen molar-refractivity contribution >= 4 is 5.65 Å². The molecule has 0 aliphatic carbocycles. The molecule has 5 aromatic rings. The molecule has 0 unspecified atom stereocenters. The number of hydrogen-bond acceptors (Lipinski definition) is 4. The summed E-state index contributed by atoms with van der Waals surface area (Å²) in [6.07, 6.45) is 0. The highest BCUT2D eigenvalue weighted by atomic mass is 16.5. The molecule has 0 atom stereocenters. The average Bonchev–Trinajstić information content (AvgIpc) is 3.34. The summed E-state index contributed by atoms with van der Waals surface area (Å²) in [5, 5.41) is 4.61. The van der Waals surface area contributed by atoms with E-state index in [1.807, 2.05) is 103 Å². The lowest BCUT2D eigenvalue weighted by Gasteiger charge is -2.13. The summed E-state index contributed by atoms with van der Waals surface area (Å²) in [4.78, 5) is 13.4. The molecule has 0 saturated carbocycles. The summed E-state index contributed by atoms with van der Waals surface area (Å²) < 4.78 is 14.6. The van der Waals surface area contributed by atoms with Crippen molar-refractivity contribution < 1.29 is 9.47 Å². The summed E-state index contributed by atoms with van der Waals surface area (Å²) in [7, 11) is 3.60. The molecule has 34 heavy (non-hydrogen) atoms. The zero-order valence-corrected chi connectivity index (χ0v) is 19.4. The fraction of sp³-hybridized carbons (Fsp3) is 0.143. The summed E-state index contributed by atoms with van der Waals surface area (Å²) in [6.45, 7) is 2.41. The maximum Gasteiger partial charge on any atom is 0.282 e. The number of methoxy groups -OCH3 is 1. The Morgan fingerprint density at radius 2 is 1.53 bits per heavy atom. The van der Waals surface area contributed by atoms with Crippen LogP contribution in [0.5, 0.6) is 11.5 Å². The molecular weight excluding hydrogens is 426 g/mol. The summed E-state index contributed by atoms with van der Waals surface area (Å²) in [5.74, 6) is 1.55.